The van der Waals surface area contributed by atoms with Crippen molar-refractivity contribution in [2.45, 2.75) is 53.9 Å². The summed E-state index contributed by atoms with van der Waals surface area (Å²) in [6.45, 7) is 11.0. The van der Waals surface area contributed by atoms with Gasteiger partial charge in [0.25, 0.3) is 0 Å². The Morgan fingerprint density at radius 3 is 2.44 bits per heavy atom. The number of carbonyl (C=O) groups is 1. The van der Waals surface area contributed by atoms with Crippen LogP contribution in [0.25, 0.3) is 0 Å². The first-order valence-corrected chi connectivity index (χ1v) is 6.97. The van der Waals surface area contributed by atoms with Crippen LogP contribution in [0, 0.1) is 11.8 Å². The van der Waals surface area contributed by atoms with Gasteiger partial charge in [-0.05, 0) is 37.7 Å². The lowest BCUT2D eigenvalue weighted by Gasteiger charge is -2.10. The predicted molar refractivity (Wildman–Crippen MR) is 77.4 cm³/mol. The van der Waals surface area contributed by atoms with E-state index in [-0.39, 0.29) is 5.97 Å². The molecule has 0 saturated carbocycles. The van der Waals surface area contributed by atoms with Crippen molar-refractivity contribution in [1.29, 1.82) is 0 Å². The van der Waals surface area contributed by atoms with Gasteiger partial charge in [-0.25, -0.2) is 4.79 Å². The SMILES string of the molecule is CCOC(=O)C=C(C)C=CCC(C)CCC(C)C. The zero-order chi connectivity index (χ0) is 14.0. The molecular formula is C16H28O2. The van der Waals surface area contributed by atoms with Gasteiger partial charge < -0.3 is 4.74 Å². The first-order chi connectivity index (χ1) is 8.45. The van der Waals surface area contributed by atoms with Crippen LogP contribution in [0.1, 0.15) is 53.9 Å². The quantitative estimate of drug-likeness (QED) is 0.361. The van der Waals surface area contributed by atoms with Crippen molar-refractivity contribution >= 4 is 5.97 Å². The highest BCUT2D eigenvalue weighted by Crippen LogP contribution is 2.15. The molecule has 2 heteroatoms. The standard InChI is InChI=1S/C16H28O2/c1-6-18-16(17)12-15(5)9-7-8-14(4)11-10-13(2)3/h7,9,12-14H,6,8,10-11H2,1-5H3. The first kappa shape index (κ1) is 16.9. The van der Waals surface area contributed by atoms with Crippen LogP contribution in [-0.2, 0) is 9.53 Å². The van der Waals surface area contributed by atoms with Gasteiger partial charge in [0.2, 0.25) is 0 Å². The largest absolute Gasteiger partial charge is 0.463 e. The topological polar surface area (TPSA) is 26.3 Å². The number of carbonyl (C=O) groups excluding carboxylic acids is 1. The van der Waals surface area contributed by atoms with E-state index in [0.717, 1.165) is 17.9 Å². The Hall–Kier alpha value is -1.05. The number of esters is 1. The van der Waals surface area contributed by atoms with E-state index in [2.05, 4.69) is 26.8 Å². The highest BCUT2D eigenvalue weighted by Gasteiger charge is 2.01. The van der Waals surface area contributed by atoms with Gasteiger partial charge in [0, 0.05) is 6.08 Å². The Bertz CT molecular complexity index is 287. The summed E-state index contributed by atoms with van der Waals surface area (Å²) in [6.07, 6.45) is 9.31. The van der Waals surface area contributed by atoms with Crippen LogP contribution in [0.15, 0.2) is 23.8 Å². The molecule has 0 aromatic carbocycles. The molecule has 0 saturated heterocycles. The Morgan fingerprint density at radius 1 is 1.22 bits per heavy atom. The van der Waals surface area contributed by atoms with E-state index < -0.39 is 0 Å². The molecule has 0 amide bonds. The van der Waals surface area contributed by atoms with Crippen LogP contribution in [0.3, 0.4) is 0 Å². The molecular weight excluding hydrogens is 224 g/mol. The molecule has 0 spiro atoms. The molecule has 2 nitrogen and oxygen atoms in total. The molecule has 0 bridgehead atoms. The van der Waals surface area contributed by atoms with E-state index in [9.17, 15) is 4.79 Å². The summed E-state index contributed by atoms with van der Waals surface area (Å²) >= 11 is 0. The van der Waals surface area contributed by atoms with Crippen LogP contribution in [-0.4, -0.2) is 12.6 Å². The average molecular weight is 252 g/mol. The fraction of sp³-hybridized carbons (Fsp3) is 0.688. The Labute approximate surface area is 112 Å². The van der Waals surface area contributed by atoms with E-state index in [4.69, 9.17) is 4.74 Å². The third-order valence-electron chi connectivity index (χ3n) is 2.79. The molecule has 0 aliphatic rings. The van der Waals surface area contributed by atoms with Crippen LogP contribution in [0.4, 0.5) is 0 Å². The molecule has 0 aromatic rings. The van der Waals surface area contributed by atoms with Gasteiger partial charge >= 0.3 is 5.97 Å². The van der Waals surface area contributed by atoms with Crippen molar-refractivity contribution in [3.63, 3.8) is 0 Å². The lowest BCUT2D eigenvalue weighted by molar-refractivity contribution is -0.137. The summed E-state index contributed by atoms with van der Waals surface area (Å²) in [4.78, 5) is 11.2. The van der Waals surface area contributed by atoms with Crippen LogP contribution < -0.4 is 0 Å². The Morgan fingerprint density at radius 2 is 1.89 bits per heavy atom. The molecule has 0 fully saturated rings. The van der Waals surface area contributed by atoms with Crippen molar-refractivity contribution in [3.8, 4) is 0 Å². The highest BCUT2D eigenvalue weighted by atomic mass is 16.5. The summed E-state index contributed by atoms with van der Waals surface area (Å²) in [5.41, 5.74) is 0.949. The van der Waals surface area contributed by atoms with Gasteiger partial charge in [0.1, 0.15) is 0 Å². The van der Waals surface area contributed by atoms with Gasteiger partial charge in [-0.15, -0.1) is 0 Å². The summed E-state index contributed by atoms with van der Waals surface area (Å²) < 4.78 is 4.86. The van der Waals surface area contributed by atoms with Crippen molar-refractivity contribution in [2.24, 2.45) is 11.8 Å². The first-order valence-electron chi connectivity index (χ1n) is 6.97. The Balaban J connectivity index is 3.96. The van der Waals surface area contributed by atoms with Crippen molar-refractivity contribution in [2.75, 3.05) is 6.61 Å². The van der Waals surface area contributed by atoms with Gasteiger partial charge in [-0.2, -0.15) is 0 Å². The second-order valence-electron chi connectivity index (χ2n) is 5.35. The number of hydrogen-bond donors (Lipinski definition) is 0. The normalized spacial score (nSPS) is 14.2. The molecule has 18 heavy (non-hydrogen) atoms. The lowest BCUT2D eigenvalue weighted by atomic mass is 9.96. The molecule has 104 valence electrons. The van der Waals surface area contributed by atoms with Crippen molar-refractivity contribution in [1.82, 2.24) is 0 Å². The number of hydrogen-bond acceptors (Lipinski definition) is 2. The second-order valence-corrected chi connectivity index (χ2v) is 5.35. The van der Waals surface area contributed by atoms with Crippen LogP contribution in [0.2, 0.25) is 0 Å². The smallest absolute Gasteiger partial charge is 0.330 e. The lowest BCUT2D eigenvalue weighted by Crippen LogP contribution is -2.00. The molecule has 1 atom stereocenters. The third-order valence-corrected chi connectivity index (χ3v) is 2.79. The van der Waals surface area contributed by atoms with E-state index in [0.29, 0.717) is 12.5 Å². The summed E-state index contributed by atoms with van der Waals surface area (Å²) in [7, 11) is 0. The number of allylic oxidation sites excluding steroid dienone is 3. The molecule has 0 N–H and O–H groups in total. The van der Waals surface area contributed by atoms with Gasteiger partial charge in [0.05, 0.1) is 6.61 Å². The maximum absolute atomic E-state index is 11.2. The number of ether oxygens (including phenoxy) is 1. The van der Waals surface area contributed by atoms with Gasteiger partial charge in [-0.3, -0.25) is 0 Å². The van der Waals surface area contributed by atoms with E-state index in [1.165, 1.54) is 12.8 Å². The molecule has 0 aromatic heterocycles. The zero-order valence-corrected chi connectivity index (χ0v) is 12.5. The molecule has 0 rings (SSSR count). The highest BCUT2D eigenvalue weighted by molar-refractivity contribution is 5.83. The predicted octanol–water partition coefficient (Wildman–Crippen LogP) is 4.51. The summed E-state index contributed by atoms with van der Waals surface area (Å²) in [6, 6.07) is 0. The van der Waals surface area contributed by atoms with E-state index in [1.54, 1.807) is 6.08 Å². The van der Waals surface area contributed by atoms with Crippen molar-refractivity contribution < 1.29 is 9.53 Å². The molecule has 1 unspecified atom stereocenters. The minimum absolute atomic E-state index is 0.257. The van der Waals surface area contributed by atoms with E-state index in [1.807, 2.05) is 19.9 Å². The summed E-state index contributed by atoms with van der Waals surface area (Å²) in [5, 5.41) is 0. The molecule has 0 heterocycles. The fourth-order valence-electron chi connectivity index (χ4n) is 1.64. The fourth-order valence-corrected chi connectivity index (χ4v) is 1.64. The van der Waals surface area contributed by atoms with Gasteiger partial charge in [-0.1, -0.05) is 45.8 Å². The monoisotopic (exact) mass is 252 g/mol. The maximum atomic E-state index is 11.2. The van der Waals surface area contributed by atoms with Gasteiger partial charge in [0.15, 0.2) is 0 Å². The second kappa shape index (κ2) is 9.93. The Kier molecular flexibility index (Phi) is 9.35. The third kappa shape index (κ3) is 10.1. The van der Waals surface area contributed by atoms with E-state index >= 15 is 0 Å². The minimum atomic E-state index is -0.257. The van der Waals surface area contributed by atoms with Crippen molar-refractivity contribution in [3.05, 3.63) is 23.8 Å². The minimum Gasteiger partial charge on any atom is -0.463 e. The summed E-state index contributed by atoms with van der Waals surface area (Å²) in [5.74, 6) is 1.23. The average Bonchev–Trinajstić information content (AvgIpc) is 2.26. The maximum Gasteiger partial charge on any atom is 0.330 e. The molecule has 0 aliphatic heterocycles. The molecule has 0 aliphatic carbocycles. The molecule has 0 radical (unpaired) electrons. The number of rotatable bonds is 8. The van der Waals surface area contributed by atoms with Crippen LogP contribution in [0.5, 0.6) is 0 Å². The van der Waals surface area contributed by atoms with Crippen LogP contribution >= 0.6 is 0 Å². The zero-order valence-electron chi connectivity index (χ0n) is 12.5.